The zero-order valence-corrected chi connectivity index (χ0v) is 20.8. The van der Waals surface area contributed by atoms with Gasteiger partial charge in [0.25, 0.3) is 0 Å². The van der Waals surface area contributed by atoms with E-state index in [1.54, 1.807) is 12.1 Å². The maximum absolute atomic E-state index is 12.9. The average molecular weight is 531 g/mol. The summed E-state index contributed by atoms with van der Waals surface area (Å²) in [4.78, 5) is 3.54. The molecule has 0 saturated carbocycles. The molecule has 1 N–H and O–H groups in total. The van der Waals surface area contributed by atoms with Crippen molar-refractivity contribution in [3.63, 3.8) is 0 Å². The molecule has 0 aliphatic heterocycles. The number of fused-ring (bicyclic) bond motifs is 3. The van der Waals surface area contributed by atoms with Gasteiger partial charge < -0.3 is 9.72 Å². The van der Waals surface area contributed by atoms with E-state index in [9.17, 15) is 13.2 Å². The predicted octanol–water partition coefficient (Wildman–Crippen LogP) is 7.68. The first-order chi connectivity index (χ1) is 18.5. The Morgan fingerprint density at radius 1 is 0.763 bits per heavy atom. The number of aromatic nitrogens is 4. The minimum Gasteiger partial charge on any atom is -0.405 e. The molecule has 2 heterocycles. The van der Waals surface area contributed by atoms with Gasteiger partial charge in [0.1, 0.15) is 11.6 Å². The number of nitrogens with one attached hydrogen (secondary N) is 1. The van der Waals surface area contributed by atoms with E-state index in [0.717, 1.165) is 38.9 Å². The largest absolute Gasteiger partial charge is 0.573 e. The third-order valence-electron chi connectivity index (χ3n) is 6.25. The van der Waals surface area contributed by atoms with Crippen molar-refractivity contribution < 1.29 is 17.9 Å². The topological polar surface area (TPSA) is 55.7 Å². The third kappa shape index (κ3) is 4.84. The smallest absolute Gasteiger partial charge is 0.405 e. The zero-order valence-electron chi connectivity index (χ0n) is 19.9. The molecule has 38 heavy (non-hydrogen) atoms. The number of hydrogen-bond donors (Lipinski definition) is 1. The number of benzene rings is 4. The molecule has 5 nitrogen and oxygen atoms in total. The van der Waals surface area contributed by atoms with E-state index in [2.05, 4.69) is 44.2 Å². The minimum absolute atomic E-state index is 0.219. The Morgan fingerprint density at radius 3 is 2.32 bits per heavy atom. The van der Waals surface area contributed by atoms with Gasteiger partial charge in [-0.1, -0.05) is 84.6 Å². The molecule has 0 aliphatic rings. The van der Waals surface area contributed by atoms with Gasteiger partial charge in [0.2, 0.25) is 0 Å². The molecule has 6 aromatic rings. The van der Waals surface area contributed by atoms with Gasteiger partial charge in [-0.05, 0) is 29.8 Å². The number of H-pyrrole nitrogens is 1. The van der Waals surface area contributed by atoms with Crippen LogP contribution in [0.1, 0.15) is 17.0 Å². The normalized spacial score (nSPS) is 11.9. The second-order valence-corrected chi connectivity index (χ2v) is 9.64. The van der Waals surface area contributed by atoms with Crippen LogP contribution in [0.25, 0.3) is 27.5 Å². The highest BCUT2D eigenvalue weighted by Crippen LogP contribution is 2.33. The monoisotopic (exact) mass is 530 g/mol. The summed E-state index contributed by atoms with van der Waals surface area (Å²) in [5, 5.41) is 11.8. The van der Waals surface area contributed by atoms with E-state index < -0.39 is 6.36 Å². The molecule has 0 radical (unpaired) electrons. The van der Waals surface area contributed by atoms with Crippen LogP contribution in [0.3, 0.4) is 0 Å². The van der Waals surface area contributed by atoms with Crippen LogP contribution in [-0.2, 0) is 12.2 Å². The van der Waals surface area contributed by atoms with E-state index in [1.165, 1.54) is 23.9 Å². The summed E-state index contributed by atoms with van der Waals surface area (Å²) in [6.45, 7) is 0. The molecule has 0 aliphatic carbocycles. The molecule has 190 valence electrons. The van der Waals surface area contributed by atoms with Crippen LogP contribution >= 0.6 is 11.8 Å². The van der Waals surface area contributed by atoms with Gasteiger partial charge >= 0.3 is 6.36 Å². The van der Waals surface area contributed by atoms with E-state index in [0.29, 0.717) is 17.1 Å². The lowest BCUT2D eigenvalue weighted by Crippen LogP contribution is -2.18. The van der Waals surface area contributed by atoms with Crippen LogP contribution in [0.2, 0.25) is 0 Å². The molecule has 0 atom stereocenters. The first-order valence-electron chi connectivity index (χ1n) is 11.9. The van der Waals surface area contributed by atoms with Crippen molar-refractivity contribution in [3.8, 4) is 11.4 Å². The first kappa shape index (κ1) is 24.1. The number of alkyl halides is 3. The lowest BCUT2D eigenvalue weighted by molar-refractivity contribution is -0.274. The number of nitrogens with zero attached hydrogens (tertiary/aromatic N) is 3. The van der Waals surface area contributed by atoms with Crippen molar-refractivity contribution in [1.82, 2.24) is 19.7 Å². The van der Waals surface area contributed by atoms with Gasteiger partial charge in [-0.25, -0.2) is 0 Å². The molecule has 0 bridgehead atoms. The van der Waals surface area contributed by atoms with Gasteiger partial charge in [0, 0.05) is 39.7 Å². The fourth-order valence-corrected chi connectivity index (χ4v) is 5.55. The number of para-hydroxylation sites is 4. The summed E-state index contributed by atoms with van der Waals surface area (Å²) >= 11 is 1.31. The van der Waals surface area contributed by atoms with Crippen molar-refractivity contribution in [3.05, 3.63) is 114 Å². The molecular formula is C29H21F3N4OS. The lowest BCUT2D eigenvalue weighted by atomic mass is 10.1. The second kappa shape index (κ2) is 9.90. The molecule has 0 saturated heterocycles. The quantitative estimate of drug-likeness (QED) is 0.215. The Bertz CT molecular complexity index is 1730. The summed E-state index contributed by atoms with van der Waals surface area (Å²) in [6, 6.07) is 30.2. The summed E-state index contributed by atoms with van der Waals surface area (Å²) in [5.41, 5.74) is 4.48. The number of rotatable bonds is 7. The van der Waals surface area contributed by atoms with Crippen LogP contribution in [0.4, 0.5) is 13.2 Å². The van der Waals surface area contributed by atoms with Crippen molar-refractivity contribution in [2.45, 2.75) is 23.7 Å². The molecular weight excluding hydrogens is 509 g/mol. The van der Waals surface area contributed by atoms with Gasteiger partial charge in [0.15, 0.2) is 5.16 Å². The minimum atomic E-state index is -4.76. The maximum atomic E-state index is 12.9. The maximum Gasteiger partial charge on any atom is 0.573 e. The summed E-state index contributed by atoms with van der Waals surface area (Å²) in [5.74, 6) is 0.739. The molecule has 0 fully saturated rings. The van der Waals surface area contributed by atoms with Crippen LogP contribution in [0, 0.1) is 0 Å². The Balaban J connectivity index is 1.36. The van der Waals surface area contributed by atoms with Crippen LogP contribution in [0.5, 0.6) is 5.75 Å². The van der Waals surface area contributed by atoms with Gasteiger partial charge in [0.05, 0.1) is 5.52 Å². The molecule has 9 heteroatoms. The fourth-order valence-electron chi connectivity index (χ4n) is 4.59. The number of hydrogen-bond acceptors (Lipinski definition) is 4. The lowest BCUT2D eigenvalue weighted by Gasteiger charge is -2.13. The molecule has 6 rings (SSSR count). The van der Waals surface area contributed by atoms with Crippen molar-refractivity contribution in [2.75, 3.05) is 0 Å². The molecule has 4 aromatic carbocycles. The van der Waals surface area contributed by atoms with Crippen LogP contribution in [0.15, 0.2) is 102 Å². The number of thioether (sulfide) groups is 1. The average Bonchev–Trinajstić information content (AvgIpc) is 3.49. The molecule has 0 amide bonds. The van der Waals surface area contributed by atoms with Gasteiger partial charge in [-0.3, -0.25) is 4.57 Å². The van der Waals surface area contributed by atoms with Crippen molar-refractivity contribution >= 4 is 33.6 Å². The first-order valence-corrected chi connectivity index (χ1v) is 12.9. The Morgan fingerprint density at radius 2 is 1.47 bits per heavy atom. The highest BCUT2D eigenvalue weighted by molar-refractivity contribution is 7.98. The van der Waals surface area contributed by atoms with E-state index >= 15 is 0 Å². The highest BCUT2D eigenvalue weighted by Gasteiger charge is 2.32. The van der Waals surface area contributed by atoms with E-state index in [1.807, 2.05) is 53.1 Å². The van der Waals surface area contributed by atoms with Crippen LogP contribution < -0.4 is 4.74 Å². The molecule has 0 unspecified atom stereocenters. The van der Waals surface area contributed by atoms with E-state index in [-0.39, 0.29) is 11.5 Å². The summed E-state index contributed by atoms with van der Waals surface area (Å²) in [7, 11) is 0. The Labute approximate surface area is 220 Å². The van der Waals surface area contributed by atoms with Gasteiger partial charge in [-0.15, -0.1) is 23.4 Å². The highest BCUT2D eigenvalue weighted by atomic mass is 32.2. The second-order valence-electron chi connectivity index (χ2n) is 8.70. The molecule has 2 aromatic heterocycles. The zero-order chi connectivity index (χ0) is 26.1. The third-order valence-corrected chi connectivity index (χ3v) is 7.22. The standard InChI is InChI=1S/C29H21F3N4OS/c30-29(31,32)37-25-16-7-4-9-20(25)18-38-28-35-34-26(36(28)21-11-2-1-3-12-21)17-19-10-8-14-23-22-13-5-6-15-24(22)33-27(19)23/h1-16,33H,17-18H2. The fraction of sp³-hybridized carbons (Fsp3) is 0.103. The number of ether oxygens (including phenoxy) is 1. The Hall–Kier alpha value is -4.24. The van der Waals surface area contributed by atoms with Crippen molar-refractivity contribution in [1.29, 1.82) is 0 Å². The predicted molar refractivity (Wildman–Crippen MR) is 143 cm³/mol. The number of aromatic amines is 1. The Kier molecular flexibility index (Phi) is 6.29. The van der Waals surface area contributed by atoms with E-state index in [4.69, 9.17) is 0 Å². The summed E-state index contributed by atoms with van der Waals surface area (Å²) in [6.07, 6.45) is -4.25. The molecule has 0 spiro atoms. The number of halogens is 3. The van der Waals surface area contributed by atoms with Crippen LogP contribution in [-0.4, -0.2) is 26.1 Å². The van der Waals surface area contributed by atoms with Crippen molar-refractivity contribution in [2.24, 2.45) is 0 Å². The van der Waals surface area contributed by atoms with Gasteiger partial charge in [-0.2, -0.15) is 0 Å². The summed E-state index contributed by atoms with van der Waals surface area (Å²) < 4.78 is 44.9. The SMILES string of the molecule is FC(F)(F)Oc1ccccc1CSc1nnc(Cc2cccc3c2[nH]c2ccccc23)n1-c1ccccc1.